The normalized spacial score (nSPS) is 17.9. The molecule has 0 amide bonds. The van der Waals surface area contributed by atoms with Crippen LogP contribution in [-0.2, 0) is 10.2 Å². The number of ether oxygens (including phenoxy) is 1. The fraction of sp³-hybridized carbons (Fsp3) is 0.600. The minimum Gasteiger partial charge on any atom is -0.461 e. The van der Waals surface area contributed by atoms with Gasteiger partial charge in [0.2, 0.25) is 0 Å². The maximum absolute atomic E-state index is 11.3. The first-order chi connectivity index (χ1) is 6.65. The molecule has 14 heavy (non-hydrogen) atoms. The van der Waals surface area contributed by atoms with Crippen LogP contribution in [0, 0.1) is 0 Å². The van der Waals surface area contributed by atoms with Crippen molar-refractivity contribution in [3.8, 4) is 0 Å². The molecule has 3 nitrogen and oxygen atoms in total. The fourth-order valence-electron chi connectivity index (χ4n) is 1.25. The summed E-state index contributed by atoms with van der Waals surface area (Å²) >= 11 is 1.56. The summed E-state index contributed by atoms with van der Waals surface area (Å²) in [6, 6.07) is 0. The van der Waals surface area contributed by atoms with Gasteiger partial charge in [0.05, 0.1) is 11.6 Å². The highest BCUT2D eigenvalue weighted by Crippen LogP contribution is 2.48. The SMILES string of the molecule is CCOC(=O)c1csc(C2(C)CC2)n1. The summed E-state index contributed by atoms with van der Waals surface area (Å²) in [6.45, 7) is 4.39. The predicted octanol–water partition coefficient (Wildman–Crippen LogP) is 2.37. The van der Waals surface area contributed by atoms with Crippen LogP contribution in [0.15, 0.2) is 5.38 Å². The number of thiazole rings is 1. The van der Waals surface area contributed by atoms with E-state index < -0.39 is 0 Å². The van der Waals surface area contributed by atoms with E-state index >= 15 is 0 Å². The molecule has 0 bridgehead atoms. The lowest BCUT2D eigenvalue weighted by Gasteiger charge is -2.01. The lowest BCUT2D eigenvalue weighted by molar-refractivity contribution is 0.0520. The van der Waals surface area contributed by atoms with Crippen molar-refractivity contribution in [3.63, 3.8) is 0 Å². The van der Waals surface area contributed by atoms with E-state index in [1.807, 2.05) is 0 Å². The van der Waals surface area contributed by atoms with Gasteiger partial charge >= 0.3 is 5.97 Å². The molecule has 1 heterocycles. The van der Waals surface area contributed by atoms with Gasteiger partial charge in [0, 0.05) is 10.8 Å². The average molecular weight is 211 g/mol. The Bertz CT molecular complexity index is 355. The number of rotatable bonds is 3. The van der Waals surface area contributed by atoms with Crippen LogP contribution < -0.4 is 0 Å². The molecule has 1 aromatic rings. The average Bonchev–Trinajstić information content (AvgIpc) is 2.72. The van der Waals surface area contributed by atoms with Crippen molar-refractivity contribution in [2.75, 3.05) is 6.61 Å². The van der Waals surface area contributed by atoms with Gasteiger partial charge in [-0.3, -0.25) is 0 Å². The third-order valence-corrected chi connectivity index (χ3v) is 3.65. The molecular formula is C10H13NO2S. The van der Waals surface area contributed by atoms with Crippen molar-refractivity contribution >= 4 is 17.3 Å². The number of carbonyl (C=O) groups excluding carboxylic acids is 1. The number of aromatic nitrogens is 1. The Morgan fingerprint density at radius 2 is 2.43 bits per heavy atom. The van der Waals surface area contributed by atoms with Gasteiger partial charge in [-0.25, -0.2) is 9.78 Å². The van der Waals surface area contributed by atoms with E-state index in [0.29, 0.717) is 12.3 Å². The van der Waals surface area contributed by atoms with Gasteiger partial charge in [0.15, 0.2) is 5.69 Å². The van der Waals surface area contributed by atoms with Crippen LogP contribution in [0.25, 0.3) is 0 Å². The molecule has 0 saturated heterocycles. The van der Waals surface area contributed by atoms with Crippen LogP contribution >= 0.6 is 11.3 Å². The van der Waals surface area contributed by atoms with Crippen molar-refractivity contribution in [3.05, 3.63) is 16.1 Å². The molecule has 2 rings (SSSR count). The Hall–Kier alpha value is -0.900. The number of esters is 1. The largest absolute Gasteiger partial charge is 0.461 e. The highest BCUT2D eigenvalue weighted by atomic mass is 32.1. The second kappa shape index (κ2) is 3.35. The highest BCUT2D eigenvalue weighted by molar-refractivity contribution is 7.10. The number of hydrogen-bond acceptors (Lipinski definition) is 4. The molecule has 1 aromatic heterocycles. The molecule has 1 fully saturated rings. The minimum atomic E-state index is -0.306. The van der Waals surface area contributed by atoms with E-state index in [1.165, 1.54) is 12.8 Å². The zero-order chi connectivity index (χ0) is 10.2. The molecule has 0 aromatic carbocycles. The first kappa shape index (κ1) is 9.65. The van der Waals surface area contributed by atoms with Gasteiger partial charge in [0.1, 0.15) is 0 Å². The Balaban J connectivity index is 2.13. The molecular weight excluding hydrogens is 198 g/mol. The zero-order valence-corrected chi connectivity index (χ0v) is 9.19. The number of nitrogens with zero attached hydrogens (tertiary/aromatic N) is 1. The molecule has 1 saturated carbocycles. The Labute approximate surface area is 87.1 Å². The van der Waals surface area contributed by atoms with Crippen LogP contribution in [0.3, 0.4) is 0 Å². The second-order valence-corrected chi connectivity index (χ2v) is 4.68. The molecule has 4 heteroatoms. The molecule has 1 aliphatic rings. The monoisotopic (exact) mass is 211 g/mol. The van der Waals surface area contributed by atoms with Gasteiger partial charge in [-0.05, 0) is 19.8 Å². The summed E-state index contributed by atoms with van der Waals surface area (Å²) in [4.78, 5) is 15.6. The van der Waals surface area contributed by atoms with Crippen LogP contribution in [0.1, 0.15) is 42.2 Å². The van der Waals surface area contributed by atoms with Gasteiger partial charge < -0.3 is 4.74 Å². The Morgan fingerprint density at radius 3 is 3.00 bits per heavy atom. The van der Waals surface area contributed by atoms with Crippen LogP contribution in [0.2, 0.25) is 0 Å². The Kier molecular flexibility index (Phi) is 2.31. The molecule has 0 N–H and O–H groups in total. The zero-order valence-electron chi connectivity index (χ0n) is 8.37. The summed E-state index contributed by atoms with van der Waals surface area (Å²) in [5.41, 5.74) is 0.704. The molecule has 0 spiro atoms. The smallest absolute Gasteiger partial charge is 0.357 e. The van der Waals surface area contributed by atoms with Crippen molar-refractivity contribution in [1.29, 1.82) is 0 Å². The summed E-state index contributed by atoms with van der Waals surface area (Å²) in [5, 5.41) is 2.86. The topological polar surface area (TPSA) is 39.2 Å². The molecule has 0 radical (unpaired) electrons. The molecule has 0 atom stereocenters. The first-order valence-electron chi connectivity index (χ1n) is 4.79. The van der Waals surface area contributed by atoms with Crippen molar-refractivity contribution < 1.29 is 9.53 Å². The van der Waals surface area contributed by atoms with Crippen molar-refractivity contribution in [2.24, 2.45) is 0 Å². The van der Waals surface area contributed by atoms with Crippen molar-refractivity contribution in [1.82, 2.24) is 4.98 Å². The first-order valence-corrected chi connectivity index (χ1v) is 5.67. The molecule has 0 unspecified atom stereocenters. The summed E-state index contributed by atoms with van der Waals surface area (Å²) in [6.07, 6.45) is 2.37. The third-order valence-electron chi connectivity index (χ3n) is 2.51. The van der Waals surface area contributed by atoms with Crippen LogP contribution in [0.4, 0.5) is 0 Å². The fourth-order valence-corrected chi connectivity index (χ4v) is 2.26. The van der Waals surface area contributed by atoms with Gasteiger partial charge in [-0.1, -0.05) is 6.92 Å². The lowest BCUT2D eigenvalue weighted by Crippen LogP contribution is -2.06. The van der Waals surface area contributed by atoms with E-state index in [0.717, 1.165) is 5.01 Å². The summed E-state index contributed by atoms with van der Waals surface area (Å²) in [5.74, 6) is -0.306. The van der Waals surface area contributed by atoms with E-state index in [1.54, 1.807) is 23.6 Å². The predicted molar refractivity (Wildman–Crippen MR) is 54.7 cm³/mol. The standard InChI is InChI=1S/C10H13NO2S/c1-3-13-8(12)7-6-14-9(11-7)10(2)4-5-10/h6H,3-5H2,1-2H3. The second-order valence-electron chi connectivity index (χ2n) is 3.82. The van der Waals surface area contributed by atoms with Crippen LogP contribution in [-0.4, -0.2) is 17.6 Å². The molecule has 76 valence electrons. The molecule has 1 aliphatic carbocycles. The number of carbonyl (C=O) groups is 1. The summed E-state index contributed by atoms with van der Waals surface area (Å²) in [7, 11) is 0. The molecule has 0 aliphatic heterocycles. The highest BCUT2D eigenvalue weighted by Gasteiger charge is 2.42. The van der Waals surface area contributed by atoms with E-state index in [4.69, 9.17) is 4.74 Å². The minimum absolute atomic E-state index is 0.245. The Morgan fingerprint density at radius 1 is 1.71 bits per heavy atom. The lowest BCUT2D eigenvalue weighted by atomic mass is 10.2. The maximum Gasteiger partial charge on any atom is 0.357 e. The third kappa shape index (κ3) is 1.66. The van der Waals surface area contributed by atoms with E-state index in [-0.39, 0.29) is 11.4 Å². The van der Waals surface area contributed by atoms with Crippen molar-refractivity contribution in [2.45, 2.75) is 32.1 Å². The summed E-state index contributed by atoms with van der Waals surface area (Å²) < 4.78 is 4.88. The number of hydrogen-bond donors (Lipinski definition) is 0. The van der Waals surface area contributed by atoms with Gasteiger partial charge in [-0.2, -0.15) is 0 Å². The van der Waals surface area contributed by atoms with E-state index in [9.17, 15) is 4.79 Å². The van der Waals surface area contributed by atoms with Crippen LogP contribution in [0.5, 0.6) is 0 Å². The maximum atomic E-state index is 11.3. The van der Waals surface area contributed by atoms with Gasteiger partial charge in [0.25, 0.3) is 0 Å². The van der Waals surface area contributed by atoms with E-state index in [2.05, 4.69) is 11.9 Å². The quantitative estimate of drug-likeness (QED) is 0.720. The van der Waals surface area contributed by atoms with Gasteiger partial charge in [-0.15, -0.1) is 11.3 Å².